The van der Waals surface area contributed by atoms with E-state index in [4.69, 9.17) is 36.1 Å². The highest BCUT2D eigenvalue weighted by Gasteiger charge is 2.16. The third-order valence-electron chi connectivity index (χ3n) is 4.39. The van der Waals surface area contributed by atoms with E-state index < -0.39 is 11.9 Å². The molecular formula is C21H25ClN2O5. The Morgan fingerprint density at radius 2 is 1.41 bits per heavy atom. The Hall–Kier alpha value is -2.61. The second-order valence-corrected chi connectivity index (χ2v) is 6.95. The number of piperazine rings is 1. The van der Waals surface area contributed by atoms with E-state index in [1.807, 2.05) is 24.3 Å². The normalized spacial score (nSPS) is 14.5. The van der Waals surface area contributed by atoms with Gasteiger partial charge < -0.3 is 14.9 Å². The second-order valence-electron chi connectivity index (χ2n) is 6.52. The van der Waals surface area contributed by atoms with E-state index in [1.165, 1.54) is 5.56 Å². The van der Waals surface area contributed by atoms with E-state index in [0.717, 1.165) is 56.6 Å². The van der Waals surface area contributed by atoms with Gasteiger partial charge in [0.05, 0.1) is 0 Å². The molecule has 0 bridgehead atoms. The molecule has 1 aliphatic rings. The summed E-state index contributed by atoms with van der Waals surface area (Å²) < 4.78 is 5.77. The Balaban J connectivity index is 0.000000438. The minimum atomic E-state index is -1.82. The van der Waals surface area contributed by atoms with Crippen LogP contribution in [0.5, 0.6) is 5.75 Å². The van der Waals surface area contributed by atoms with E-state index in [0.29, 0.717) is 0 Å². The summed E-state index contributed by atoms with van der Waals surface area (Å²) in [6, 6.07) is 18.2. The van der Waals surface area contributed by atoms with Gasteiger partial charge in [-0.1, -0.05) is 41.9 Å². The van der Waals surface area contributed by atoms with Crippen molar-refractivity contribution in [3.8, 4) is 5.75 Å². The molecule has 3 rings (SSSR count). The van der Waals surface area contributed by atoms with Crippen molar-refractivity contribution in [1.29, 1.82) is 0 Å². The molecule has 156 valence electrons. The number of halogens is 1. The number of ether oxygens (including phenoxy) is 1. The summed E-state index contributed by atoms with van der Waals surface area (Å²) in [5.41, 5.74) is 1.40. The zero-order valence-corrected chi connectivity index (χ0v) is 16.8. The molecule has 0 unspecified atom stereocenters. The average Bonchev–Trinajstić information content (AvgIpc) is 2.72. The first-order chi connectivity index (χ1) is 13.9. The van der Waals surface area contributed by atoms with Crippen molar-refractivity contribution >= 4 is 23.5 Å². The molecule has 2 aromatic rings. The molecule has 0 aliphatic carbocycles. The third kappa shape index (κ3) is 8.95. The van der Waals surface area contributed by atoms with Crippen LogP contribution in [0.1, 0.15) is 5.56 Å². The highest BCUT2D eigenvalue weighted by Crippen LogP contribution is 2.15. The maximum absolute atomic E-state index is 9.10. The summed E-state index contributed by atoms with van der Waals surface area (Å²) in [6.07, 6.45) is 0. The van der Waals surface area contributed by atoms with Crippen LogP contribution in [0.2, 0.25) is 5.02 Å². The zero-order chi connectivity index (χ0) is 21.1. The lowest BCUT2D eigenvalue weighted by molar-refractivity contribution is -0.159. The fraction of sp³-hybridized carbons (Fsp3) is 0.333. The van der Waals surface area contributed by atoms with Gasteiger partial charge in [-0.25, -0.2) is 9.59 Å². The molecule has 1 fully saturated rings. The molecule has 7 nitrogen and oxygen atoms in total. The van der Waals surface area contributed by atoms with Crippen LogP contribution in [0, 0.1) is 0 Å². The first-order valence-electron chi connectivity index (χ1n) is 9.27. The van der Waals surface area contributed by atoms with Gasteiger partial charge in [0, 0.05) is 44.3 Å². The standard InChI is InChI=1S/C19H23ClN2O.C2H2O4/c20-18-6-8-19(9-7-18)23-15-14-21-10-12-22(13-11-21)16-17-4-2-1-3-5-17;3-1(4)2(5)6/h1-9H,10-16H2;(H,3,4)(H,5,6). The fourth-order valence-corrected chi connectivity index (χ4v) is 2.96. The smallest absolute Gasteiger partial charge is 0.414 e. The molecule has 29 heavy (non-hydrogen) atoms. The van der Waals surface area contributed by atoms with Gasteiger partial charge >= 0.3 is 11.9 Å². The van der Waals surface area contributed by atoms with Crippen molar-refractivity contribution in [3.05, 3.63) is 65.2 Å². The molecule has 1 saturated heterocycles. The monoisotopic (exact) mass is 420 g/mol. The molecule has 0 spiro atoms. The zero-order valence-electron chi connectivity index (χ0n) is 16.0. The van der Waals surface area contributed by atoms with Gasteiger partial charge in [0.15, 0.2) is 0 Å². The summed E-state index contributed by atoms with van der Waals surface area (Å²) in [6.45, 7) is 7.21. The van der Waals surface area contributed by atoms with Gasteiger partial charge in [0.1, 0.15) is 12.4 Å². The highest BCUT2D eigenvalue weighted by atomic mass is 35.5. The number of benzene rings is 2. The summed E-state index contributed by atoms with van der Waals surface area (Å²) in [7, 11) is 0. The molecule has 0 radical (unpaired) electrons. The first-order valence-corrected chi connectivity index (χ1v) is 9.65. The first kappa shape index (κ1) is 22.7. The number of hydrogen-bond donors (Lipinski definition) is 2. The van der Waals surface area contributed by atoms with Gasteiger partial charge in [-0.15, -0.1) is 0 Å². The topological polar surface area (TPSA) is 90.3 Å². The van der Waals surface area contributed by atoms with Crippen LogP contribution in [0.25, 0.3) is 0 Å². The largest absolute Gasteiger partial charge is 0.492 e. The molecule has 8 heteroatoms. The Morgan fingerprint density at radius 1 is 0.862 bits per heavy atom. The van der Waals surface area contributed by atoms with Crippen LogP contribution in [0.3, 0.4) is 0 Å². The molecule has 2 aromatic carbocycles. The molecule has 0 saturated carbocycles. The molecular weight excluding hydrogens is 396 g/mol. The van der Waals surface area contributed by atoms with Crippen LogP contribution < -0.4 is 4.74 Å². The molecule has 2 N–H and O–H groups in total. The summed E-state index contributed by atoms with van der Waals surface area (Å²) in [4.78, 5) is 23.2. The minimum Gasteiger partial charge on any atom is -0.492 e. The quantitative estimate of drug-likeness (QED) is 0.694. The minimum absolute atomic E-state index is 0.723. The van der Waals surface area contributed by atoms with Gasteiger partial charge in [-0.2, -0.15) is 0 Å². The molecule has 0 aromatic heterocycles. The predicted molar refractivity (Wildman–Crippen MR) is 110 cm³/mol. The van der Waals surface area contributed by atoms with Gasteiger partial charge in [-0.05, 0) is 29.8 Å². The SMILES string of the molecule is Clc1ccc(OCCN2CCN(Cc3ccccc3)CC2)cc1.O=C(O)C(=O)O. The van der Waals surface area contributed by atoms with Crippen molar-refractivity contribution in [2.45, 2.75) is 6.54 Å². The van der Waals surface area contributed by atoms with Crippen LogP contribution >= 0.6 is 11.6 Å². The molecule has 1 aliphatic heterocycles. The van der Waals surface area contributed by atoms with Crippen LogP contribution in [-0.2, 0) is 16.1 Å². The number of nitrogens with zero attached hydrogens (tertiary/aromatic N) is 2. The number of carboxylic acid groups (broad SMARTS) is 2. The van der Waals surface area contributed by atoms with Gasteiger partial charge in [0.2, 0.25) is 0 Å². The van der Waals surface area contributed by atoms with Crippen molar-refractivity contribution < 1.29 is 24.5 Å². The lowest BCUT2D eigenvalue weighted by atomic mass is 10.2. The molecule has 0 atom stereocenters. The predicted octanol–water partition coefficient (Wildman–Crippen LogP) is 2.69. The van der Waals surface area contributed by atoms with Crippen LogP contribution in [-0.4, -0.2) is 71.3 Å². The summed E-state index contributed by atoms with van der Waals surface area (Å²) in [5, 5.41) is 15.5. The van der Waals surface area contributed by atoms with E-state index >= 15 is 0 Å². The Bertz CT molecular complexity index is 750. The van der Waals surface area contributed by atoms with E-state index in [9.17, 15) is 0 Å². The third-order valence-corrected chi connectivity index (χ3v) is 4.64. The van der Waals surface area contributed by atoms with Crippen molar-refractivity contribution in [1.82, 2.24) is 9.80 Å². The average molecular weight is 421 g/mol. The lowest BCUT2D eigenvalue weighted by Gasteiger charge is -2.34. The van der Waals surface area contributed by atoms with E-state index in [-0.39, 0.29) is 0 Å². The number of carboxylic acids is 2. The Morgan fingerprint density at radius 3 is 1.97 bits per heavy atom. The van der Waals surface area contributed by atoms with Gasteiger partial charge in [-0.3, -0.25) is 9.80 Å². The number of carbonyl (C=O) groups is 2. The number of rotatable bonds is 6. The van der Waals surface area contributed by atoms with E-state index in [2.05, 4.69) is 40.1 Å². The molecule has 0 amide bonds. The van der Waals surface area contributed by atoms with Crippen molar-refractivity contribution in [2.24, 2.45) is 0 Å². The van der Waals surface area contributed by atoms with Gasteiger partial charge in [0.25, 0.3) is 0 Å². The Kier molecular flexibility index (Phi) is 9.43. The molecule has 1 heterocycles. The second kappa shape index (κ2) is 12.1. The summed E-state index contributed by atoms with van der Waals surface area (Å²) >= 11 is 5.87. The lowest BCUT2D eigenvalue weighted by Crippen LogP contribution is -2.47. The van der Waals surface area contributed by atoms with Crippen LogP contribution in [0.4, 0.5) is 0 Å². The summed E-state index contributed by atoms with van der Waals surface area (Å²) in [5.74, 6) is -2.76. The maximum Gasteiger partial charge on any atom is 0.414 e. The Labute approximate surface area is 175 Å². The number of hydrogen-bond acceptors (Lipinski definition) is 5. The van der Waals surface area contributed by atoms with Crippen molar-refractivity contribution in [2.75, 3.05) is 39.3 Å². The maximum atomic E-state index is 9.10. The fourth-order valence-electron chi connectivity index (χ4n) is 2.84. The number of aliphatic carboxylic acids is 2. The van der Waals surface area contributed by atoms with Crippen molar-refractivity contribution in [3.63, 3.8) is 0 Å². The van der Waals surface area contributed by atoms with E-state index in [1.54, 1.807) is 0 Å². The van der Waals surface area contributed by atoms with Crippen LogP contribution in [0.15, 0.2) is 54.6 Å². The highest BCUT2D eigenvalue weighted by molar-refractivity contribution is 6.30.